The fraction of sp³-hybridized carbons (Fsp3) is 0.400. The van der Waals surface area contributed by atoms with Crippen LogP contribution < -0.4 is 5.32 Å². The van der Waals surface area contributed by atoms with Gasteiger partial charge in [-0.3, -0.25) is 9.59 Å². The zero-order valence-corrected chi connectivity index (χ0v) is 13.9. The summed E-state index contributed by atoms with van der Waals surface area (Å²) in [6.07, 6.45) is 2.02. The predicted octanol–water partition coefficient (Wildman–Crippen LogP) is 1.90. The molecule has 1 atom stereocenters. The summed E-state index contributed by atoms with van der Waals surface area (Å²) in [5, 5.41) is 11.6. The van der Waals surface area contributed by atoms with Gasteiger partial charge in [0.05, 0.1) is 23.7 Å². The molecule has 1 heterocycles. The summed E-state index contributed by atoms with van der Waals surface area (Å²) < 4.78 is 0.872. The van der Waals surface area contributed by atoms with Gasteiger partial charge in [0.25, 0.3) is 5.91 Å². The highest BCUT2D eigenvalue weighted by Gasteiger charge is 2.25. The van der Waals surface area contributed by atoms with Gasteiger partial charge in [-0.15, -0.1) is 0 Å². The highest BCUT2D eigenvalue weighted by Crippen LogP contribution is 2.16. The Labute approximate surface area is 137 Å². The molecular weight excluding hydrogens is 381 g/mol. The molecular formula is C15H16IN3O2. The molecule has 0 saturated carbocycles. The Balaban J connectivity index is 2.01. The van der Waals surface area contributed by atoms with Gasteiger partial charge in [-0.05, 0) is 60.6 Å². The van der Waals surface area contributed by atoms with E-state index in [4.69, 9.17) is 5.26 Å². The Hall–Kier alpha value is -1.62. The van der Waals surface area contributed by atoms with Crippen LogP contribution in [-0.2, 0) is 4.79 Å². The highest BCUT2D eigenvalue weighted by molar-refractivity contribution is 14.1. The second-order valence-electron chi connectivity index (χ2n) is 5.06. The maximum Gasteiger partial charge on any atom is 0.253 e. The average Bonchev–Trinajstić information content (AvgIpc) is 2.90. The van der Waals surface area contributed by atoms with Crippen molar-refractivity contribution in [2.45, 2.75) is 25.8 Å². The fourth-order valence-corrected chi connectivity index (χ4v) is 2.95. The third-order valence-electron chi connectivity index (χ3n) is 3.62. The largest absolute Gasteiger partial charge is 0.343 e. The number of carbonyl (C=O) groups is 2. The van der Waals surface area contributed by atoms with Crippen LogP contribution in [0.3, 0.4) is 0 Å². The molecule has 1 fully saturated rings. The molecule has 6 heteroatoms. The Morgan fingerprint density at radius 2 is 2.29 bits per heavy atom. The fourth-order valence-electron chi connectivity index (χ4n) is 2.46. The topological polar surface area (TPSA) is 73.2 Å². The molecule has 0 aliphatic carbocycles. The molecule has 1 aliphatic rings. The molecule has 0 aromatic heterocycles. The quantitative estimate of drug-likeness (QED) is 0.792. The molecule has 0 radical (unpaired) electrons. The van der Waals surface area contributed by atoms with E-state index in [2.05, 4.69) is 27.9 Å². The summed E-state index contributed by atoms with van der Waals surface area (Å²) in [4.78, 5) is 26.0. The molecule has 1 aromatic rings. The maximum atomic E-state index is 12.1. The number of hydrogen-bond donors (Lipinski definition) is 1. The number of carbonyl (C=O) groups excluding carboxylic acids is 2. The van der Waals surface area contributed by atoms with Crippen LogP contribution >= 0.6 is 22.6 Å². The lowest BCUT2D eigenvalue weighted by atomic mass is 10.1. The standard InChI is InChI=1S/C15H16IN3O2/c1-10-3-2-6-19(10)14(20)9-18-15(21)13-7-12(16)5-4-11(13)8-17/h4-5,7,10H,2-3,6,9H2,1H3,(H,18,21)/t10-/m1/s1. The van der Waals surface area contributed by atoms with Gasteiger partial charge in [0.1, 0.15) is 0 Å². The lowest BCUT2D eigenvalue weighted by Gasteiger charge is -2.21. The summed E-state index contributed by atoms with van der Waals surface area (Å²) in [5.41, 5.74) is 0.626. The van der Waals surface area contributed by atoms with Crippen LogP contribution in [0.1, 0.15) is 35.7 Å². The summed E-state index contributed by atoms with van der Waals surface area (Å²) in [6, 6.07) is 7.26. The first-order valence-electron chi connectivity index (χ1n) is 6.80. The monoisotopic (exact) mass is 397 g/mol. The summed E-state index contributed by atoms with van der Waals surface area (Å²) in [6.45, 7) is 2.74. The van der Waals surface area contributed by atoms with Crippen LogP contribution in [-0.4, -0.2) is 35.8 Å². The molecule has 1 aliphatic heterocycles. The lowest BCUT2D eigenvalue weighted by Crippen LogP contribution is -2.41. The molecule has 1 aromatic carbocycles. The maximum absolute atomic E-state index is 12.1. The zero-order valence-electron chi connectivity index (χ0n) is 11.7. The normalized spacial score (nSPS) is 17.4. The summed E-state index contributed by atoms with van der Waals surface area (Å²) in [5.74, 6) is -0.456. The predicted molar refractivity (Wildman–Crippen MR) is 86.6 cm³/mol. The minimum Gasteiger partial charge on any atom is -0.343 e. The number of halogens is 1. The number of amides is 2. The minimum absolute atomic E-state index is 0.0283. The number of rotatable bonds is 3. The number of hydrogen-bond acceptors (Lipinski definition) is 3. The Kier molecular flexibility index (Phi) is 5.17. The van der Waals surface area contributed by atoms with Gasteiger partial charge in [0, 0.05) is 16.2 Å². The van der Waals surface area contributed by atoms with Crippen LogP contribution in [0.2, 0.25) is 0 Å². The van der Waals surface area contributed by atoms with E-state index in [0.29, 0.717) is 11.1 Å². The first kappa shape index (κ1) is 15.8. The third-order valence-corrected chi connectivity index (χ3v) is 4.29. The first-order chi connectivity index (χ1) is 10.0. The lowest BCUT2D eigenvalue weighted by molar-refractivity contribution is -0.130. The van der Waals surface area contributed by atoms with Crippen LogP contribution in [0.5, 0.6) is 0 Å². The van der Waals surface area contributed by atoms with E-state index in [0.717, 1.165) is 23.0 Å². The van der Waals surface area contributed by atoms with Crippen molar-refractivity contribution in [3.05, 3.63) is 32.9 Å². The van der Waals surface area contributed by atoms with Gasteiger partial charge in [-0.2, -0.15) is 5.26 Å². The van der Waals surface area contributed by atoms with Crippen molar-refractivity contribution in [2.75, 3.05) is 13.1 Å². The van der Waals surface area contributed by atoms with Gasteiger partial charge < -0.3 is 10.2 Å². The summed E-state index contributed by atoms with van der Waals surface area (Å²) in [7, 11) is 0. The van der Waals surface area contributed by atoms with Crippen molar-refractivity contribution in [3.63, 3.8) is 0 Å². The molecule has 1 saturated heterocycles. The summed E-state index contributed by atoms with van der Waals surface area (Å²) >= 11 is 2.08. The van der Waals surface area contributed by atoms with Crippen LogP contribution in [0, 0.1) is 14.9 Å². The Morgan fingerprint density at radius 3 is 2.90 bits per heavy atom. The van der Waals surface area contributed by atoms with Crippen molar-refractivity contribution in [3.8, 4) is 6.07 Å². The van der Waals surface area contributed by atoms with Gasteiger partial charge in [0.15, 0.2) is 0 Å². The van der Waals surface area contributed by atoms with Gasteiger partial charge in [-0.25, -0.2) is 0 Å². The van der Waals surface area contributed by atoms with Crippen molar-refractivity contribution in [1.29, 1.82) is 5.26 Å². The molecule has 5 nitrogen and oxygen atoms in total. The van der Waals surface area contributed by atoms with Crippen LogP contribution in [0.15, 0.2) is 18.2 Å². The number of nitrogens with zero attached hydrogens (tertiary/aromatic N) is 2. The second-order valence-corrected chi connectivity index (χ2v) is 6.31. The minimum atomic E-state index is -0.384. The van der Waals surface area contributed by atoms with Gasteiger partial charge in [-0.1, -0.05) is 0 Å². The Bertz CT molecular complexity index is 609. The smallest absolute Gasteiger partial charge is 0.253 e. The number of benzene rings is 1. The van der Waals surface area contributed by atoms with Gasteiger partial charge >= 0.3 is 0 Å². The SMILES string of the molecule is C[C@@H]1CCCN1C(=O)CNC(=O)c1cc(I)ccc1C#N. The third kappa shape index (κ3) is 3.73. The molecule has 1 N–H and O–H groups in total. The van der Waals surface area contributed by atoms with Crippen LogP contribution in [0.4, 0.5) is 0 Å². The van der Waals surface area contributed by atoms with E-state index < -0.39 is 0 Å². The van der Waals surface area contributed by atoms with Crippen molar-refractivity contribution >= 4 is 34.4 Å². The number of nitriles is 1. The van der Waals surface area contributed by atoms with Gasteiger partial charge in [0.2, 0.25) is 5.91 Å². The first-order valence-corrected chi connectivity index (χ1v) is 7.88. The van der Waals surface area contributed by atoms with E-state index in [1.807, 2.05) is 13.0 Å². The second kappa shape index (κ2) is 6.89. The molecule has 110 valence electrons. The van der Waals surface area contributed by atoms with Crippen molar-refractivity contribution < 1.29 is 9.59 Å². The van der Waals surface area contributed by atoms with E-state index in [9.17, 15) is 9.59 Å². The molecule has 2 amide bonds. The molecule has 21 heavy (non-hydrogen) atoms. The van der Waals surface area contributed by atoms with E-state index >= 15 is 0 Å². The number of likely N-dealkylation sites (tertiary alicyclic amines) is 1. The molecule has 0 spiro atoms. The molecule has 2 rings (SSSR count). The van der Waals surface area contributed by atoms with Crippen molar-refractivity contribution in [2.24, 2.45) is 0 Å². The van der Waals surface area contributed by atoms with Crippen LogP contribution in [0.25, 0.3) is 0 Å². The highest BCUT2D eigenvalue weighted by atomic mass is 127. The molecule has 0 unspecified atom stereocenters. The van der Waals surface area contributed by atoms with E-state index in [-0.39, 0.29) is 24.4 Å². The van der Waals surface area contributed by atoms with E-state index in [1.54, 1.807) is 23.1 Å². The average molecular weight is 397 g/mol. The Morgan fingerprint density at radius 1 is 1.52 bits per heavy atom. The molecule has 0 bridgehead atoms. The zero-order chi connectivity index (χ0) is 15.4. The number of nitrogens with one attached hydrogen (secondary N) is 1. The van der Waals surface area contributed by atoms with Crippen molar-refractivity contribution in [1.82, 2.24) is 10.2 Å². The van der Waals surface area contributed by atoms with E-state index in [1.165, 1.54) is 0 Å².